The summed E-state index contributed by atoms with van der Waals surface area (Å²) in [7, 11) is 0. The Hall–Kier alpha value is -11.7. The van der Waals surface area contributed by atoms with Gasteiger partial charge in [0.25, 0.3) is 0 Å². The Morgan fingerprint density at radius 3 is 0.556 bits per heavy atom. The molecule has 0 aromatic heterocycles. The first-order chi connectivity index (χ1) is 44.6. The molecule has 0 saturated heterocycles. The predicted octanol–water partition coefficient (Wildman–Crippen LogP) is 25.3. The topological polar surface area (TPSA) is 0 Å². The van der Waals surface area contributed by atoms with Crippen LogP contribution < -0.4 is 0 Å². The van der Waals surface area contributed by atoms with Gasteiger partial charge in [0.2, 0.25) is 0 Å². The van der Waals surface area contributed by atoms with Crippen molar-refractivity contribution in [2.24, 2.45) is 0 Å². The molecule has 0 heteroatoms. The van der Waals surface area contributed by atoms with Gasteiger partial charge < -0.3 is 0 Å². The maximum atomic E-state index is 2.40. The van der Waals surface area contributed by atoms with Gasteiger partial charge in [0.15, 0.2) is 0 Å². The Kier molecular flexibility index (Phi) is 13.0. The van der Waals surface area contributed by atoms with Gasteiger partial charge in [-0.3, -0.25) is 0 Å². The second-order valence-electron chi connectivity index (χ2n) is 23.8. The molecule has 0 saturated carbocycles. The molecule has 0 aliphatic rings. The predicted molar refractivity (Wildman–Crippen MR) is 386 cm³/mol. The van der Waals surface area contributed by atoms with Gasteiger partial charge >= 0.3 is 0 Å². The van der Waals surface area contributed by atoms with Crippen molar-refractivity contribution in [2.75, 3.05) is 0 Å². The van der Waals surface area contributed by atoms with Crippen LogP contribution in [0.4, 0.5) is 0 Å². The van der Waals surface area contributed by atoms with Crippen LogP contribution in [0.3, 0.4) is 0 Å². The van der Waals surface area contributed by atoms with Gasteiger partial charge in [-0.05, 0) is 224 Å². The van der Waals surface area contributed by atoms with E-state index in [0.29, 0.717) is 0 Å². The van der Waals surface area contributed by atoms with Crippen molar-refractivity contribution in [3.63, 3.8) is 0 Å². The molecule has 0 heterocycles. The van der Waals surface area contributed by atoms with E-state index in [2.05, 4.69) is 352 Å². The molecular formula is C90H58. The highest BCUT2D eigenvalue weighted by Crippen LogP contribution is 2.48. The number of fused-ring (bicyclic) bond motifs is 7. The summed E-state index contributed by atoms with van der Waals surface area (Å²) < 4.78 is 0. The molecule has 0 amide bonds. The van der Waals surface area contributed by atoms with E-state index in [9.17, 15) is 0 Å². The van der Waals surface area contributed by atoms with Crippen LogP contribution in [0.25, 0.3) is 176 Å². The lowest BCUT2D eigenvalue weighted by molar-refractivity contribution is 1.58. The van der Waals surface area contributed by atoms with Gasteiger partial charge in [0.05, 0.1) is 0 Å². The van der Waals surface area contributed by atoms with E-state index in [1.165, 1.54) is 176 Å². The van der Waals surface area contributed by atoms with E-state index in [-0.39, 0.29) is 0 Å². The third-order valence-corrected chi connectivity index (χ3v) is 18.6. The summed E-state index contributed by atoms with van der Waals surface area (Å²) in [6.07, 6.45) is 0. The number of benzene rings is 17. The average molecular weight is 1140 g/mol. The van der Waals surface area contributed by atoms with E-state index in [0.717, 1.165) is 0 Å². The van der Waals surface area contributed by atoms with Crippen LogP contribution >= 0.6 is 0 Å². The van der Waals surface area contributed by atoms with Crippen molar-refractivity contribution >= 4 is 64.6 Å². The number of hydrogen-bond acceptors (Lipinski definition) is 0. The van der Waals surface area contributed by atoms with Crippen LogP contribution in [0, 0.1) is 0 Å². The molecular weight excluding hydrogens is 1080 g/mol. The highest BCUT2D eigenvalue weighted by atomic mass is 14.2. The largest absolute Gasteiger partial charge is 0.0622 e. The molecule has 0 atom stereocenters. The monoisotopic (exact) mass is 1140 g/mol. The quantitative estimate of drug-likeness (QED) is 0.0946. The summed E-state index contributed by atoms with van der Waals surface area (Å²) in [6.45, 7) is 0. The molecule has 0 aliphatic heterocycles. The molecule has 17 aromatic rings. The molecule has 90 heavy (non-hydrogen) atoms. The van der Waals surface area contributed by atoms with E-state index in [4.69, 9.17) is 0 Å². The average Bonchev–Trinajstić information content (AvgIpc) is 0.825. The Labute approximate surface area is 524 Å². The minimum Gasteiger partial charge on any atom is -0.0622 e. The van der Waals surface area contributed by atoms with Crippen LogP contribution in [-0.2, 0) is 0 Å². The second kappa shape index (κ2) is 22.2. The van der Waals surface area contributed by atoms with Gasteiger partial charge in [-0.2, -0.15) is 0 Å². The maximum Gasteiger partial charge on any atom is -0.00259 e. The molecule has 0 bridgehead atoms. The molecule has 418 valence electrons. The first kappa shape index (κ1) is 52.6. The third-order valence-electron chi connectivity index (χ3n) is 18.6. The molecule has 0 N–H and O–H groups in total. The number of hydrogen-bond donors (Lipinski definition) is 0. The second-order valence-corrected chi connectivity index (χ2v) is 23.8. The number of rotatable bonds is 10. The van der Waals surface area contributed by atoms with Crippen molar-refractivity contribution in [1.82, 2.24) is 0 Å². The lowest BCUT2D eigenvalue weighted by atomic mass is 9.84. The first-order valence-electron chi connectivity index (χ1n) is 31.2. The molecule has 0 unspecified atom stereocenters. The fourth-order valence-electron chi connectivity index (χ4n) is 14.3. The van der Waals surface area contributed by atoms with E-state index < -0.39 is 0 Å². The van der Waals surface area contributed by atoms with Crippen molar-refractivity contribution < 1.29 is 0 Å². The van der Waals surface area contributed by atoms with E-state index in [1.807, 2.05) is 0 Å². The zero-order valence-corrected chi connectivity index (χ0v) is 49.5. The molecule has 17 rings (SSSR count). The van der Waals surface area contributed by atoms with Gasteiger partial charge in [-0.15, -0.1) is 0 Å². The third kappa shape index (κ3) is 9.33. The highest BCUT2D eigenvalue weighted by Gasteiger charge is 2.21. The van der Waals surface area contributed by atoms with Gasteiger partial charge in [0, 0.05) is 0 Å². The minimum atomic E-state index is 1.19. The fraction of sp³-hybridized carbons (Fsp3) is 0. The SMILES string of the molecule is c1ccc(-c2cc(-c3ccccc3)cc(-c3c4ccccc4c(-c4ccc(-c5ccc6ccc7ccc(-c8ccc(-c9c%10ccccc%10c(-c%10cc(-c%11ccccc%11)cc(-c%11ccccc%11)c%10)c%10ccccc9%10)cc8)cc7c6c5)cc4)c4ccccc34)c2)cc1. The van der Waals surface area contributed by atoms with Crippen molar-refractivity contribution in [3.8, 4) is 111 Å². The van der Waals surface area contributed by atoms with E-state index in [1.54, 1.807) is 0 Å². The van der Waals surface area contributed by atoms with Crippen molar-refractivity contribution in [2.45, 2.75) is 0 Å². The summed E-state index contributed by atoms with van der Waals surface area (Å²) in [6, 6.07) is 130. The van der Waals surface area contributed by atoms with Gasteiger partial charge in [-0.25, -0.2) is 0 Å². The smallest absolute Gasteiger partial charge is 0.00259 e. The molecule has 0 radical (unpaired) electrons. The van der Waals surface area contributed by atoms with Gasteiger partial charge in [0.1, 0.15) is 0 Å². The summed E-state index contributed by atoms with van der Waals surface area (Å²) in [5.41, 5.74) is 24.2. The molecule has 0 nitrogen and oxygen atoms in total. The molecule has 0 aliphatic carbocycles. The van der Waals surface area contributed by atoms with Crippen LogP contribution in [-0.4, -0.2) is 0 Å². The lowest BCUT2D eigenvalue weighted by Crippen LogP contribution is -1.92. The van der Waals surface area contributed by atoms with Crippen LogP contribution in [0.15, 0.2) is 352 Å². The molecule has 17 aromatic carbocycles. The summed E-state index contributed by atoms with van der Waals surface area (Å²) in [5, 5.41) is 14.9. The normalized spacial score (nSPS) is 11.6. The first-order valence-corrected chi connectivity index (χ1v) is 31.2. The van der Waals surface area contributed by atoms with Crippen LogP contribution in [0.2, 0.25) is 0 Å². The van der Waals surface area contributed by atoms with Crippen molar-refractivity contribution in [1.29, 1.82) is 0 Å². The zero-order chi connectivity index (χ0) is 59.5. The van der Waals surface area contributed by atoms with Crippen LogP contribution in [0.5, 0.6) is 0 Å². The van der Waals surface area contributed by atoms with Crippen LogP contribution in [0.1, 0.15) is 0 Å². The highest BCUT2D eigenvalue weighted by molar-refractivity contribution is 6.23. The lowest BCUT2D eigenvalue weighted by Gasteiger charge is -2.19. The summed E-state index contributed by atoms with van der Waals surface area (Å²) >= 11 is 0. The van der Waals surface area contributed by atoms with Crippen molar-refractivity contribution in [3.05, 3.63) is 352 Å². The Morgan fingerprint density at radius 1 is 0.100 bits per heavy atom. The Balaban J connectivity index is 0.723. The molecule has 0 spiro atoms. The zero-order valence-electron chi connectivity index (χ0n) is 49.5. The summed E-state index contributed by atoms with van der Waals surface area (Å²) in [5.74, 6) is 0. The molecule has 0 fully saturated rings. The minimum absolute atomic E-state index is 1.19. The maximum absolute atomic E-state index is 2.40. The standard InChI is InChI=1S/C90H58/c1-5-21-59(22-6-1)71-51-72(60-23-7-2-8-24-60)54-75(53-71)89-81-33-17-13-29-77(81)87(78-30-14-18-34-82(78)89)67-45-37-63(38-46-67)69-49-43-65-41-42-66-44-50-70(58-86(66)85(65)57-69)64-39-47-68(48-40-64)88-79-31-15-19-35-83(79)90(84-36-20-16-32-80(84)88)76-55-73(61-25-9-3-10-26-61)52-74(56-76)62-27-11-4-12-28-62/h1-58H. The van der Waals surface area contributed by atoms with Gasteiger partial charge in [-0.1, -0.05) is 303 Å². The summed E-state index contributed by atoms with van der Waals surface area (Å²) in [4.78, 5) is 0. The Morgan fingerprint density at radius 2 is 0.289 bits per heavy atom. The van der Waals surface area contributed by atoms with E-state index >= 15 is 0 Å². The Bertz CT molecular complexity index is 5010. The fourth-order valence-corrected chi connectivity index (χ4v) is 14.3.